The largest absolute Gasteiger partial charge is 0.467 e. The van der Waals surface area contributed by atoms with Crippen LogP contribution >= 0.6 is 22.7 Å². The molecule has 6 nitrogen and oxygen atoms in total. The van der Waals surface area contributed by atoms with Crippen molar-refractivity contribution < 1.29 is 9.53 Å². The van der Waals surface area contributed by atoms with E-state index in [1.807, 2.05) is 28.5 Å². The number of carbonyl (C=O) groups excluding carboxylic acids is 1. The van der Waals surface area contributed by atoms with E-state index in [1.54, 1.807) is 22.7 Å². The predicted molar refractivity (Wildman–Crippen MR) is 121 cm³/mol. The maximum Gasteiger partial charge on any atom is 0.274 e. The van der Waals surface area contributed by atoms with E-state index in [0.717, 1.165) is 34.1 Å². The summed E-state index contributed by atoms with van der Waals surface area (Å²) in [5.41, 5.74) is 4.78. The standard InChI is InChI=1S/C22H22N4O2S2/c1-13-5-6-14(2)20-19(13)23-22(30-20)28-15-7-9-26(10-8-15)21(27)17-12-16(24-25-17)18-4-3-11-29-18/h3-6,11-12,15H,7-10H2,1-2H3,(H,24,25). The van der Waals surface area contributed by atoms with E-state index in [0.29, 0.717) is 18.8 Å². The number of ether oxygens (including phenoxy) is 1. The number of aromatic amines is 1. The van der Waals surface area contributed by atoms with Gasteiger partial charge in [0.1, 0.15) is 6.10 Å². The van der Waals surface area contributed by atoms with E-state index >= 15 is 0 Å². The predicted octanol–water partition coefficient (Wildman–Crippen LogP) is 5.05. The number of hydrogen-bond donors (Lipinski definition) is 1. The van der Waals surface area contributed by atoms with E-state index in [-0.39, 0.29) is 12.0 Å². The highest BCUT2D eigenvalue weighted by Crippen LogP contribution is 2.33. The summed E-state index contributed by atoms with van der Waals surface area (Å²) in [7, 11) is 0. The van der Waals surface area contributed by atoms with Gasteiger partial charge in [-0.3, -0.25) is 9.89 Å². The highest BCUT2D eigenvalue weighted by atomic mass is 32.1. The number of rotatable bonds is 4. The fourth-order valence-corrected chi connectivity index (χ4v) is 5.48. The molecule has 0 atom stereocenters. The molecular formula is C22H22N4O2S2. The molecule has 0 bridgehead atoms. The molecule has 154 valence electrons. The first-order chi connectivity index (χ1) is 14.6. The van der Waals surface area contributed by atoms with Crippen molar-refractivity contribution in [3.63, 3.8) is 0 Å². The minimum absolute atomic E-state index is 0.0289. The highest BCUT2D eigenvalue weighted by molar-refractivity contribution is 7.20. The van der Waals surface area contributed by atoms with Crippen LogP contribution in [0.5, 0.6) is 5.19 Å². The first kappa shape index (κ1) is 19.3. The number of amides is 1. The number of benzene rings is 1. The topological polar surface area (TPSA) is 71.1 Å². The van der Waals surface area contributed by atoms with E-state index in [9.17, 15) is 4.79 Å². The molecule has 5 rings (SSSR count). The second-order valence-corrected chi connectivity index (χ2v) is 9.52. The molecular weight excluding hydrogens is 416 g/mol. The monoisotopic (exact) mass is 438 g/mol. The smallest absolute Gasteiger partial charge is 0.274 e. The number of hydrogen-bond acceptors (Lipinski definition) is 6. The van der Waals surface area contributed by atoms with Crippen molar-refractivity contribution >= 4 is 38.8 Å². The quantitative estimate of drug-likeness (QED) is 0.484. The Hall–Kier alpha value is -2.71. The SMILES string of the molecule is Cc1ccc(C)c2sc(OC3CCN(C(=O)c4cc(-c5cccs5)[nH]n4)CC3)nc12. The van der Waals surface area contributed by atoms with Crippen LogP contribution in [0, 0.1) is 13.8 Å². The average molecular weight is 439 g/mol. The fourth-order valence-electron chi connectivity index (χ4n) is 3.76. The zero-order chi connectivity index (χ0) is 20.7. The number of aromatic nitrogens is 3. The zero-order valence-electron chi connectivity index (χ0n) is 16.8. The summed E-state index contributed by atoms with van der Waals surface area (Å²) >= 11 is 3.23. The number of thiophene rings is 1. The Morgan fingerprint density at radius 1 is 1.20 bits per heavy atom. The van der Waals surface area contributed by atoms with Crippen molar-refractivity contribution in [2.75, 3.05) is 13.1 Å². The van der Waals surface area contributed by atoms with Gasteiger partial charge in [0.15, 0.2) is 5.69 Å². The second kappa shape index (κ2) is 7.85. The van der Waals surface area contributed by atoms with E-state index < -0.39 is 0 Å². The summed E-state index contributed by atoms with van der Waals surface area (Å²) in [5, 5.41) is 9.93. The minimum atomic E-state index is -0.0289. The molecule has 1 fully saturated rings. The summed E-state index contributed by atoms with van der Waals surface area (Å²) in [6.45, 7) is 5.50. The van der Waals surface area contributed by atoms with Crippen LogP contribution in [0.25, 0.3) is 20.8 Å². The molecule has 30 heavy (non-hydrogen) atoms. The second-order valence-electron chi connectivity index (χ2n) is 7.61. The van der Waals surface area contributed by atoms with Gasteiger partial charge in [-0.2, -0.15) is 5.10 Å². The van der Waals surface area contributed by atoms with E-state index in [1.165, 1.54) is 15.8 Å². The van der Waals surface area contributed by atoms with Crippen LogP contribution in [0.4, 0.5) is 0 Å². The van der Waals surface area contributed by atoms with Gasteiger partial charge in [0.2, 0.25) is 0 Å². The van der Waals surface area contributed by atoms with Crippen molar-refractivity contribution in [1.82, 2.24) is 20.1 Å². The lowest BCUT2D eigenvalue weighted by Crippen LogP contribution is -2.41. The zero-order valence-corrected chi connectivity index (χ0v) is 18.5. The lowest BCUT2D eigenvalue weighted by atomic mass is 10.1. The molecule has 0 aliphatic carbocycles. The first-order valence-corrected chi connectivity index (χ1v) is 11.7. The van der Waals surface area contributed by atoms with Gasteiger partial charge < -0.3 is 9.64 Å². The molecule has 1 N–H and O–H groups in total. The van der Waals surface area contributed by atoms with Crippen molar-refractivity contribution in [3.05, 3.63) is 52.5 Å². The van der Waals surface area contributed by atoms with Gasteiger partial charge in [0, 0.05) is 25.9 Å². The Bertz CT molecular complexity index is 1150. The summed E-state index contributed by atoms with van der Waals surface area (Å²) < 4.78 is 7.38. The maximum atomic E-state index is 12.8. The van der Waals surface area contributed by atoms with Gasteiger partial charge in [-0.05, 0) is 42.5 Å². The van der Waals surface area contributed by atoms with E-state index in [4.69, 9.17) is 9.72 Å². The third-order valence-corrected chi connectivity index (χ3v) is 7.49. The molecule has 0 radical (unpaired) electrons. The number of fused-ring (bicyclic) bond motifs is 1. The molecule has 1 aromatic carbocycles. The van der Waals surface area contributed by atoms with Crippen molar-refractivity contribution in [1.29, 1.82) is 0 Å². The lowest BCUT2D eigenvalue weighted by molar-refractivity contribution is 0.0590. The third-order valence-electron chi connectivity index (χ3n) is 5.50. The average Bonchev–Trinajstić information content (AvgIpc) is 3.51. The van der Waals surface area contributed by atoms with Crippen LogP contribution in [0.15, 0.2) is 35.7 Å². The van der Waals surface area contributed by atoms with Crippen LogP contribution in [0.1, 0.15) is 34.5 Å². The number of carbonyl (C=O) groups is 1. The highest BCUT2D eigenvalue weighted by Gasteiger charge is 2.27. The summed E-state index contributed by atoms with van der Waals surface area (Å²) in [4.78, 5) is 20.5. The van der Waals surface area contributed by atoms with Gasteiger partial charge in [0.05, 0.1) is 20.8 Å². The first-order valence-electron chi connectivity index (χ1n) is 10.0. The number of nitrogens with zero attached hydrogens (tertiary/aromatic N) is 3. The van der Waals surface area contributed by atoms with Gasteiger partial charge in [0.25, 0.3) is 11.1 Å². The Balaban J connectivity index is 1.22. The molecule has 0 spiro atoms. The molecule has 0 unspecified atom stereocenters. The molecule has 4 heterocycles. The molecule has 1 amide bonds. The normalized spacial score (nSPS) is 15.1. The minimum Gasteiger partial charge on any atom is -0.467 e. The summed E-state index contributed by atoms with van der Waals surface area (Å²) in [5.74, 6) is -0.0289. The van der Waals surface area contributed by atoms with Gasteiger partial charge >= 0.3 is 0 Å². The molecule has 1 aliphatic heterocycles. The van der Waals surface area contributed by atoms with Crippen LogP contribution < -0.4 is 4.74 Å². The van der Waals surface area contributed by atoms with Crippen LogP contribution in [-0.2, 0) is 0 Å². The third kappa shape index (κ3) is 3.61. The summed E-state index contributed by atoms with van der Waals surface area (Å²) in [6, 6.07) is 10.1. The fraction of sp³-hybridized carbons (Fsp3) is 0.318. The number of likely N-dealkylation sites (tertiary alicyclic amines) is 1. The molecule has 1 saturated heterocycles. The Morgan fingerprint density at radius 3 is 2.73 bits per heavy atom. The summed E-state index contributed by atoms with van der Waals surface area (Å²) in [6.07, 6.45) is 1.67. The van der Waals surface area contributed by atoms with Crippen molar-refractivity contribution in [3.8, 4) is 15.8 Å². The van der Waals surface area contributed by atoms with Crippen LogP contribution in [0.2, 0.25) is 0 Å². The molecule has 8 heteroatoms. The number of piperidine rings is 1. The number of aryl methyl sites for hydroxylation is 2. The van der Waals surface area contributed by atoms with Gasteiger partial charge in [-0.1, -0.05) is 29.5 Å². The Labute approximate surface area is 182 Å². The van der Waals surface area contributed by atoms with Crippen molar-refractivity contribution in [2.24, 2.45) is 0 Å². The number of thiazole rings is 1. The molecule has 4 aromatic rings. The molecule has 3 aromatic heterocycles. The number of H-pyrrole nitrogens is 1. The molecule has 1 aliphatic rings. The Kier molecular flexibility index (Phi) is 5.04. The van der Waals surface area contributed by atoms with Crippen LogP contribution in [-0.4, -0.2) is 45.2 Å². The van der Waals surface area contributed by atoms with Crippen LogP contribution in [0.3, 0.4) is 0 Å². The van der Waals surface area contributed by atoms with E-state index in [2.05, 4.69) is 36.2 Å². The van der Waals surface area contributed by atoms with Gasteiger partial charge in [-0.15, -0.1) is 11.3 Å². The lowest BCUT2D eigenvalue weighted by Gasteiger charge is -2.31. The number of nitrogens with one attached hydrogen (secondary N) is 1. The Morgan fingerprint density at radius 2 is 2.00 bits per heavy atom. The van der Waals surface area contributed by atoms with Crippen molar-refractivity contribution in [2.45, 2.75) is 32.8 Å². The van der Waals surface area contributed by atoms with Gasteiger partial charge in [-0.25, -0.2) is 4.98 Å². The molecule has 0 saturated carbocycles. The maximum absolute atomic E-state index is 12.8.